The number of fused-ring (bicyclic) bond motifs is 2. The summed E-state index contributed by atoms with van der Waals surface area (Å²) in [4.78, 5) is 101. The fraction of sp³-hybridized carbons (Fsp3) is 0.387. The molecule has 8 N–H and O–H groups in total. The van der Waals surface area contributed by atoms with E-state index in [0.717, 1.165) is 52.7 Å². The highest BCUT2D eigenvalue weighted by atomic mass is 19.3. The van der Waals surface area contributed by atoms with Crippen LogP contribution in [0.4, 0.5) is 35.4 Å². The quantitative estimate of drug-likeness (QED) is 0.0137. The minimum atomic E-state index is -2.95. The van der Waals surface area contributed by atoms with Crippen LogP contribution in [0.3, 0.4) is 0 Å². The SMILES string of the molecule is C=CCOC(=O)NC(C(=O)NC(CCCNC(N)=O)C(=O)Nc1ccc(C[N+]2(CCOc3ccc(CC(=O)N4CCc5cc(-c6cc(C(=O)N(c7ccc(O)cc7)c7cnn(C(F)F)c7)c(C)n6C)c(C(=O)N6Cc7ccccc7CC6C)cc5C4)cc3)CCOCC2)c(CNC)c1)C(C)C. The van der Waals surface area contributed by atoms with Crippen molar-refractivity contribution >= 4 is 58.7 Å². The number of ether oxygens (including phenoxy) is 3. The van der Waals surface area contributed by atoms with Crippen molar-refractivity contribution in [3.8, 4) is 22.8 Å². The van der Waals surface area contributed by atoms with Gasteiger partial charge in [-0.05, 0) is 153 Å². The number of quaternary nitrogens is 1. The van der Waals surface area contributed by atoms with Gasteiger partial charge in [-0.25, -0.2) is 14.3 Å². The van der Waals surface area contributed by atoms with E-state index in [0.29, 0.717) is 121 Å². The Balaban J connectivity index is 0.812. The summed E-state index contributed by atoms with van der Waals surface area (Å²) in [7, 11) is 3.66. The molecule has 7 aromatic rings. The molecule has 3 aliphatic rings. The Bertz CT molecular complexity index is 4150. The number of benzene rings is 5. The highest BCUT2D eigenvalue weighted by Gasteiger charge is 2.36. The second kappa shape index (κ2) is 33.2. The van der Waals surface area contributed by atoms with Crippen molar-refractivity contribution in [2.45, 2.75) is 111 Å². The molecule has 2 aromatic heterocycles. The summed E-state index contributed by atoms with van der Waals surface area (Å²) in [6.07, 6.45) is 4.61. The van der Waals surface area contributed by atoms with Crippen LogP contribution in [0, 0.1) is 12.8 Å². The summed E-state index contributed by atoms with van der Waals surface area (Å²) in [5.41, 5.74) is 15.4. The molecule has 5 aromatic carbocycles. The molecule has 3 atom stereocenters. The molecular formula is C75H90F2N13O11+. The van der Waals surface area contributed by atoms with Gasteiger partial charge in [0.2, 0.25) is 17.7 Å². The minimum absolute atomic E-state index is 0.0482. The Morgan fingerprint density at radius 3 is 2.31 bits per heavy atom. The number of phenolic OH excluding ortho intramolecular Hbond substituents is 1. The van der Waals surface area contributed by atoms with Crippen LogP contribution in [-0.2, 0) is 76.3 Å². The predicted molar refractivity (Wildman–Crippen MR) is 377 cm³/mol. The summed E-state index contributed by atoms with van der Waals surface area (Å²) >= 11 is 0. The number of aromatic nitrogens is 3. The highest BCUT2D eigenvalue weighted by molar-refractivity contribution is 6.12. The second-order valence-electron chi connectivity index (χ2n) is 26.4. The summed E-state index contributed by atoms with van der Waals surface area (Å²) in [5.74, 6) is -1.66. The van der Waals surface area contributed by atoms with E-state index in [4.69, 9.17) is 19.9 Å². The average molecular weight is 1390 g/mol. The first-order valence-electron chi connectivity index (χ1n) is 34.1. The number of anilines is 3. The summed E-state index contributed by atoms with van der Waals surface area (Å²) in [6.45, 7) is 13.9. The molecule has 0 spiro atoms. The number of rotatable bonds is 28. The first-order chi connectivity index (χ1) is 48.5. The van der Waals surface area contributed by atoms with Crippen LogP contribution < -0.4 is 42.0 Å². The number of nitrogens with one attached hydrogen (secondary N) is 5. The molecule has 3 aliphatic heterocycles. The van der Waals surface area contributed by atoms with Crippen molar-refractivity contribution in [3.05, 3.63) is 190 Å². The van der Waals surface area contributed by atoms with Gasteiger partial charge in [0.25, 0.3) is 11.8 Å². The van der Waals surface area contributed by atoms with Crippen molar-refractivity contribution in [1.82, 2.24) is 45.4 Å². The number of alkyl halides is 2. The number of urea groups is 1. The Hall–Kier alpha value is -10.4. The fourth-order valence-corrected chi connectivity index (χ4v) is 13.4. The molecule has 8 amide bonds. The van der Waals surface area contributed by atoms with E-state index in [1.54, 1.807) is 26.8 Å². The van der Waals surface area contributed by atoms with Gasteiger partial charge in [-0.1, -0.05) is 69.0 Å². The number of aromatic hydroxyl groups is 1. The van der Waals surface area contributed by atoms with Crippen molar-refractivity contribution in [1.29, 1.82) is 0 Å². The molecule has 3 unspecified atom stereocenters. The number of nitrogens with zero attached hydrogens (tertiary/aromatic N) is 7. The number of phenols is 1. The lowest BCUT2D eigenvalue weighted by molar-refractivity contribution is -0.947. The van der Waals surface area contributed by atoms with Crippen LogP contribution >= 0.6 is 0 Å². The Kier molecular flexibility index (Phi) is 24.1. The number of primary amides is 1. The van der Waals surface area contributed by atoms with Gasteiger partial charge in [-0.15, -0.1) is 0 Å². The molecule has 0 aliphatic carbocycles. The van der Waals surface area contributed by atoms with Gasteiger partial charge in [0.1, 0.15) is 63.0 Å². The zero-order valence-electron chi connectivity index (χ0n) is 57.9. The molecule has 0 radical (unpaired) electrons. The molecule has 534 valence electrons. The van der Waals surface area contributed by atoms with Gasteiger partial charge >= 0.3 is 18.7 Å². The standard InChI is InChI=1S/C75H89F2N13O11/c1-8-31-101-75(98)84-68(47(2)3)70(94)83-65(14-11-26-80-74(78)97)69(93)82-57-18-17-54(55(37-57)41-79-6)46-90(28-32-99-33-29-90)30-34-100-61-23-15-50(16-24-61)36-67(92)86-27-25-52-38-63(64(39-56(52)43-86)71(95)87-44-53-13-10-9-12-51(53)35-48(87)4)66-40-62(49(5)85(66)7)72(96)89(58-19-21-60(91)22-20-58)59-42-81-88(45-59)73(76)77/h8-10,12-13,15-24,37-40,42,45,47-48,65,68,73,79H,1,11,14,25-36,41,43-44,46H2,2-7H3,(H6-,78,80,82,83,84,91,93,94,97,98)/p+1. The number of morpholine rings is 1. The van der Waals surface area contributed by atoms with E-state index in [-0.39, 0.29) is 73.3 Å². The second-order valence-corrected chi connectivity index (χ2v) is 26.4. The number of alkyl carbamates (subject to hydrolysis) is 1. The van der Waals surface area contributed by atoms with Gasteiger partial charge < -0.3 is 70.5 Å². The van der Waals surface area contributed by atoms with Crippen molar-refractivity contribution < 1.29 is 66.1 Å². The molecule has 1 fully saturated rings. The van der Waals surface area contributed by atoms with Crippen LogP contribution in [0.15, 0.2) is 134 Å². The number of halogens is 2. The van der Waals surface area contributed by atoms with Crippen LogP contribution in [0.5, 0.6) is 11.5 Å². The molecule has 1 saturated heterocycles. The highest BCUT2D eigenvalue weighted by Crippen LogP contribution is 2.38. The van der Waals surface area contributed by atoms with Crippen molar-refractivity contribution in [2.24, 2.45) is 18.7 Å². The van der Waals surface area contributed by atoms with Crippen molar-refractivity contribution in [3.63, 3.8) is 0 Å². The molecule has 24 nitrogen and oxygen atoms in total. The van der Waals surface area contributed by atoms with E-state index in [2.05, 4.69) is 44.3 Å². The first-order valence-corrected chi connectivity index (χ1v) is 34.1. The number of amides is 8. The molecule has 26 heteroatoms. The summed E-state index contributed by atoms with van der Waals surface area (Å²) < 4.78 is 48.1. The first kappa shape index (κ1) is 73.3. The summed E-state index contributed by atoms with van der Waals surface area (Å²) in [5, 5.41) is 28.1. The smallest absolute Gasteiger partial charge is 0.408 e. The van der Waals surface area contributed by atoms with E-state index in [1.165, 1.54) is 47.0 Å². The third kappa shape index (κ3) is 18.0. The van der Waals surface area contributed by atoms with Crippen LogP contribution in [0.1, 0.15) is 106 Å². The Morgan fingerprint density at radius 1 is 0.871 bits per heavy atom. The Labute approximate surface area is 586 Å². The normalized spacial score (nSPS) is 15.4. The maximum Gasteiger partial charge on any atom is 0.408 e. The van der Waals surface area contributed by atoms with E-state index in [1.807, 2.05) is 108 Å². The largest absolute Gasteiger partial charge is 0.508 e. The monoisotopic (exact) mass is 1390 g/mol. The lowest BCUT2D eigenvalue weighted by Gasteiger charge is -2.41. The number of carbonyl (C=O) groups excluding carboxylic acids is 7. The zero-order chi connectivity index (χ0) is 72.1. The molecule has 0 saturated carbocycles. The van der Waals surface area contributed by atoms with Crippen LogP contribution in [0.25, 0.3) is 11.3 Å². The van der Waals surface area contributed by atoms with E-state index >= 15 is 4.79 Å². The molecule has 5 heterocycles. The minimum Gasteiger partial charge on any atom is -0.508 e. The average Bonchev–Trinajstić information content (AvgIpc) is 1.69. The Morgan fingerprint density at radius 2 is 1.61 bits per heavy atom. The van der Waals surface area contributed by atoms with E-state index in [9.17, 15) is 42.7 Å². The van der Waals surface area contributed by atoms with Crippen molar-refractivity contribution in [2.75, 3.05) is 76.4 Å². The van der Waals surface area contributed by atoms with Crippen LogP contribution in [0.2, 0.25) is 0 Å². The van der Waals surface area contributed by atoms with Gasteiger partial charge in [0, 0.05) is 85.3 Å². The lowest BCUT2D eigenvalue weighted by Crippen LogP contribution is -2.56. The molecular weight excluding hydrogens is 1300 g/mol. The number of carbonyl (C=O) groups is 7. The molecule has 0 bridgehead atoms. The summed E-state index contributed by atoms with van der Waals surface area (Å²) in [6, 6.07) is 29.9. The maximum atomic E-state index is 15.3. The number of hydrogen-bond donors (Lipinski definition) is 7. The van der Waals surface area contributed by atoms with Gasteiger partial charge in [0.15, 0.2) is 0 Å². The third-order valence-electron chi connectivity index (χ3n) is 19.1. The third-order valence-corrected chi connectivity index (χ3v) is 19.1. The zero-order valence-corrected chi connectivity index (χ0v) is 57.9. The maximum absolute atomic E-state index is 15.3. The predicted octanol–water partition coefficient (Wildman–Crippen LogP) is 8.94. The van der Waals surface area contributed by atoms with Gasteiger partial charge in [-0.2, -0.15) is 13.9 Å². The lowest BCUT2D eigenvalue weighted by atomic mass is 9.89. The van der Waals surface area contributed by atoms with Gasteiger partial charge in [-0.3, -0.25) is 28.9 Å². The van der Waals surface area contributed by atoms with E-state index < -0.39 is 48.5 Å². The van der Waals surface area contributed by atoms with Gasteiger partial charge in [0.05, 0.1) is 43.3 Å². The fourth-order valence-electron chi connectivity index (χ4n) is 13.4. The van der Waals surface area contributed by atoms with Crippen LogP contribution in [-0.4, -0.2) is 160 Å². The number of hydrogen-bond acceptors (Lipinski definition) is 13. The molecule has 101 heavy (non-hydrogen) atoms. The molecule has 10 rings (SSSR count). The number of nitrogens with two attached hydrogens (primary N) is 1. The topological polar surface area (TPSA) is 286 Å².